The molecular formula is C16H23NO3. The summed E-state index contributed by atoms with van der Waals surface area (Å²) in [5, 5.41) is 2.80. The van der Waals surface area contributed by atoms with Crippen LogP contribution in [0.1, 0.15) is 41.5 Å². The number of anilines is 1. The maximum atomic E-state index is 11.9. The first kappa shape index (κ1) is 16.2. The van der Waals surface area contributed by atoms with Crippen molar-refractivity contribution in [3.63, 3.8) is 0 Å². The van der Waals surface area contributed by atoms with Gasteiger partial charge in [0.15, 0.2) is 0 Å². The summed E-state index contributed by atoms with van der Waals surface area (Å²) in [7, 11) is 0. The van der Waals surface area contributed by atoms with E-state index in [1.54, 1.807) is 45.0 Å². The van der Waals surface area contributed by atoms with Gasteiger partial charge in [-0.05, 0) is 32.9 Å². The molecule has 1 aromatic rings. The summed E-state index contributed by atoms with van der Waals surface area (Å²) < 4.78 is 5.30. The predicted octanol–water partition coefficient (Wildman–Crippen LogP) is 3.62. The monoisotopic (exact) mass is 277 g/mol. The second kappa shape index (κ2) is 5.65. The molecule has 0 heterocycles. The Morgan fingerprint density at radius 3 is 2.10 bits per heavy atom. The van der Waals surface area contributed by atoms with Gasteiger partial charge in [0.05, 0.1) is 5.41 Å². The second-order valence-corrected chi connectivity index (χ2v) is 6.87. The highest BCUT2D eigenvalue weighted by Gasteiger charge is 2.24. The van der Waals surface area contributed by atoms with Gasteiger partial charge in [0.1, 0.15) is 5.75 Å². The lowest BCUT2D eigenvalue weighted by Gasteiger charge is -2.19. The zero-order valence-electron chi connectivity index (χ0n) is 13.0. The van der Waals surface area contributed by atoms with Crippen LogP contribution in [0.5, 0.6) is 5.75 Å². The van der Waals surface area contributed by atoms with Crippen molar-refractivity contribution in [2.45, 2.75) is 41.5 Å². The SMILES string of the molecule is CC(C)(C)C(=O)Nc1cccc(OC(=O)C(C)(C)C)c1. The van der Waals surface area contributed by atoms with Crippen molar-refractivity contribution in [3.8, 4) is 5.75 Å². The molecule has 0 saturated heterocycles. The van der Waals surface area contributed by atoms with Crippen molar-refractivity contribution in [2.24, 2.45) is 10.8 Å². The molecule has 0 unspecified atom stereocenters. The lowest BCUT2D eigenvalue weighted by atomic mass is 9.95. The average Bonchev–Trinajstić information content (AvgIpc) is 2.26. The van der Waals surface area contributed by atoms with Gasteiger partial charge in [-0.2, -0.15) is 0 Å². The van der Waals surface area contributed by atoms with Crippen molar-refractivity contribution in [2.75, 3.05) is 5.32 Å². The molecule has 4 nitrogen and oxygen atoms in total. The Labute approximate surface area is 120 Å². The molecule has 0 saturated carbocycles. The van der Waals surface area contributed by atoms with E-state index in [0.717, 1.165) is 0 Å². The van der Waals surface area contributed by atoms with E-state index in [1.165, 1.54) is 0 Å². The van der Waals surface area contributed by atoms with Crippen LogP contribution in [0.2, 0.25) is 0 Å². The molecule has 1 amide bonds. The lowest BCUT2D eigenvalue weighted by Crippen LogP contribution is -2.28. The molecule has 0 aliphatic rings. The number of benzene rings is 1. The summed E-state index contributed by atoms with van der Waals surface area (Å²) >= 11 is 0. The third-order valence-electron chi connectivity index (χ3n) is 2.60. The minimum atomic E-state index is -0.565. The number of hydrogen-bond donors (Lipinski definition) is 1. The van der Waals surface area contributed by atoms with E-state index in [-0.39, 0.29) is 11.9 Å². The number of ether oxygens (including phenoxy) is 1. The first-order valence-electron chi connectivity index (χ1n) is 6.64. The Balaban J connectivity index is 2.82. The van der Waals surface area contributed by atoms with Crippen LogP contribution in [0.3, 0.4) is 0 Å². The van der Waals surface area contributed by atoms with Crippen molar-refractivity contribution in [1.29, 1.82) is 0 Å². The molecule has 1 rings (SSSR count). The van der Waals surface area contributed by atoms with Crippen LogP contribution in [0, 0.1) is 10.8 Å². The van der Waals surface area contributed by atoms with Gasteiger partial charge < -0.3 is 10.1 Å². The molecular weight excluding hydrogens is 254 g/mol. The smallest absolute Gasteiger partial charge is 0.316 e. The highest BCUT2D eigenvalue weighted by Crippen LogP contribution is 2.23. The Morgan fingerprint density at radius 2 is 1.60 bits per heavy atom. The highest BCUT2D eigenvalue weighted by molar-refractivity contribution is 5.94. The van der Waals surface area contributed by atoms with Crippen LogP contribution >= 0.6 is 0 Å². The van der Waals surface area contributed by atoms with Gasteiger partial charge >= 0.3 is 5.97 Å². The molecule has 1 N–H and O–H groups in total. The molecule has 1 aromatic carbocycles. The molecule has 20 heavy (non-hydrogen) atoms. The van der Waals surface area contributed by atoms with Gasteiger partial charge in [-0.1, -0.05) is 26.8 Å². The fourth-order valence-electron chi connectivity index (χ4n) is 1.22. The first-order valence-corrected chi connectivity index (χ1v) is 6.64. The summed E-state index contributed by atoms with van der Waals surface area (Å²) in [6.07, 6.45) is 0. The normalized spacial score (nSPS) is 11.9. The fraction of sp³-hybridized carbons (Fsp3) is 0.500. The van der Waals surface area contributed by atoms with Crippen LogP contribution in [-0.2, 0) is 9.59 Å². The minimum Gasteiger partial charge on any atom is -0.426 e. The molecule has 0 bridgehead atoms. The first-order chi connectivity index (χ1) is 9.00. The number of rotatable bonds is 2. The van der Waals surface area contributed by atoms with E-state index in [4.69, 9.17) is 4.74 Å². The van der Waals surface area contributed by atoms with E-state index in [1.807, 2.05) is 20.8 Å². The minimum absolute atomic E-state index is 0.0863. The van der Waals surface area contributed by atoms with Crippen LogP contribution in [0.15, 0.2) is 24.3 Å². The van der Waals surface area contributed by atoms with Crippen LogP contribution in [0.25, 0.3) is 0 Å². The second-order valence-electron chi connectivity index (χ2n) is 6.87. The maximum absolute atomic E-state index is 11.9. The van der Waals surface area contributed by atoms with Gasteiger partial charge in [0, 0.05) is 17.2 Å². The molecule has 4 heteroatoms. The van der Waals surface area contributed by atoms with E-state index in [0.29, 0.717) is 11.4 Å². The number of carbonyl (C=O) groups is 2. The van der Waals surface area contributed by atoms with Gasteiger partial charge in [0.2, 0.25) is 5.91 Å². The third kappa shape index (κ3) is 4.68. The van der Waals surface area contributed by atoms with Crippen molar-refractivity contribution >= 4 is 17.6 Å². The zero-order valence-corrected chi connectivity index (χ0v) is 13.0. The molecule has 0 aromatic heterocycles. The van der Waals surface area contributed by atoms with Gasteiger partial charge in [0.25, 0.3) is 0 Å². The summed E-state index contributed by atoms with van der Waals surface area (Å²) in [6, 6.07) is 6.84. The molecule has 0 atom stereocenters. The van der Waals surface area contributed by atoms with Crippen molar-refractivity contribution < 1.29 is 14.3 Å². The Morgan fingerprint density at radius 1 is 1.00 bits per heavy atom. The summed E-state index contributed by atoms with van der Waals surface area (Å²) in [4.78, 5) is 23.7. The molecule has 0 spiro atoms. The zero-order chi connectivity index (χ0) is 15.6. The Bertz CT molecular complexity index is 464. The fourth-order valence-corrected chi connectivity index (χ4v) is 1.22. The number of amides is 1. The van der Waals surface area contributed by atoms with Crippen molar-refractivity contribution in [3.05, 3.63) is 24.3 Å². The van der Waals surface area contributed by atoms with Crippen LogP contribution in [-0.4, -0.2) is 11.9 Å². The Kier molecular flexibility index (Phi) is 4.58. The molecule has 0 radical (unpaired) electrons. The van der Waals surface area contributed by atoms with Gasteiger partial charge in [-0.15, -0.1) is 0 Å². The van der Waals surface area contributed by atoms with E-state index < -0.39 is 10.8 Å². The molecule has 0 aliphatic carbocycles. The van der Waals surface area contributed by atoms with Gasteiger partial charge in [-0.25, -0.2) is 0 Å². The average molecular weight is 277 g/mol. The Hall–Kier alpha value is -1.84. The number of carbonyl (C=O) groups excluding carboxylic acids is 2. The largest absolute Gasteiger partial charge is 0.426 e. The van der Waals surface area contributed by atoms with E-state index in [2.05, 4.69) is 5.32 Å². The predicted molar refractivity (Wildman–Crippen MR) is 79.6 cm³/mol. The third-order valence-corrected chi connectivity index (χ3v) is 2.60. The molecule has 0 aliphatic heterocycles. The van der Waals surface area contributed by atoms with Crippen LogP contribution < -0.4 is 10.1 Å². The highest BCUT2D eigenvalue weighted by atomic mass is 16.5. The van der Waals surface area contributed by atoms with E-state index in [9.17, 15) is 9.59 Å². The lowest BCUT2D eigenvalue weighted by molar-refractivity contribution is -0.143. The van der Waals surface area contributed by atoms with E-state index >= 15 is 0 Å². The number of esters is 1. The number of hydrogen-bond acceptors (Lipinski definition) is 3. The van der Waals surface area contributed by atoms with Crippen LogP contribution in [0.4, 0.5) is 5.69 Å². The topological polar surface area (TPSA) is 55.4 Å². The van der Waals surface area contributed by atoms with Crippen molar-refractivity contribution in [1.82, 2.24) is 0 Å². The number of nitrogens with one attached hydrogen (secondary N) is 1. The standard InChI is InChI=1S/C16H23NO3/c1-15(2,3)13(18)17-11-8-7-9-12(10-11)20-14(19)16(4,5)6/h7-10H,1-6H3,(H,17,18). The molecule has 0 fully saturated rings. The maximum Gasteiger partial charge on any atom is 0.316 e. The molecule has 110 valence electrons. The summed E-state index contributed by atoms with van der Waals surface area (Å²) in [5.41, 5.74) is -0.424. The van der Waals surface area contributed by atoms with Gasteiger partial charge in [-0.3, -0.25) is 9.59 Å². The quantitative estimate of drug-likeness (QED) is 0.663. The summed E-state index contributed by atoms with van der Waals surface area (Å²) in [6.45, 7) is 10.9. The summed E-state index contributed by atoms with van der Waals surface area (Å²) in [5.74, 6) is 0.0326.